The molecule has 0 atom stereocenters. The van der Waals surface area contributed by atoms with Crippen molar-refractivity contribution in [1.82, 2.24) is 9.97 Å². The Balaban J connectivity index is 2.30. The molecule has 2 heterocycles. The van der Waals surface area contributed by atoms with Crippen molar-refractivity contribution in [3.63, 3.8) is 0 Å². The van der Waals surface area contributed by atoms with E-state index >= 15 is 0 Å². The number of anilines is 3. The Hall–Kier alpha value is -1.72. The first-order chi connectivity index (χ1) is 13.4. The zero-order chi connectivity index (χ0) is 21.4. The smallest absolute Gasteiger partial charge is 0.140 e. The van der Waals surface area contributed by atoms with Crippen molar-refractivity contribution in [3.8, 4) is 0 Å². The fourth-order valence-corrected chi connectivity index (χ4v) is 3.70. The normalized spacial score (nSPS) is 12.1. The number of benzene rings is 1. The first-order valence-electron chi connectivity index (χ1n) is 9.66. The van der Waals surface area contributed by atoms with Crippen LogP contribution in [0, 0.1) is 0 Å². The molecule has 0 amide bonds. The Morgan fingerprint density at radius 2 is 1.07 bits per heavy atom. The van der Waals surface area contributed by atoms with Crippen molar-refractivity contribution in [2.75, 3.05) is 4.90 Å². The summed E-state index contributed by atoms with van der Waals surface area (Å²) in [4.78, 5) is 11.6. The minimum absolute atomic E-state index is 0.0249. The molecule has 0 aliphatic heterocycles. The lowest BCUT2D eigenvalue weighted by Crippen LogP contribution is -2.20. The van der Waals surface area contributed by atoms with Crippen molar-refractivity contribution < 1.29 is 0 Å². The molecule has 0 bridgehead atoms. The highest BCUT2D eigenvalue weighted by molar-refractivity contribution is 9.10. The van der Waals surface area contributed by atoms with Gasteiger partial charge in [0.25, 0.3) is 0 Å². The van der Waals surface area contributed by atoms with Crippen LogP contribution >= 0.6 is 31.9 Å². The Morgan fingerprint density at radius 3 is 1.41 bits per heavy atom. The van der Waals surface area contributed by atoms with Crippen LogP contribution in [0.25, 0.3) is 0 Å². The first kappa shape index (κ1) is 22.0. The molecule has 3 aromatic rings. The van der Waals surface area contributed by atoms with Gasteiger partial charge in [0.1, 0.15) is 20.8 Å². The van der Waals surface area contributed by atoms with E-state index in [1.807, 2.05) is 36.4 Å². The summed E-state index contributed by atoms with van der Waals surface area (Å²) >= 11 is 7.03. The summed E-state index contributed by atoms with van der Waals surface area (Å²) in [5.74, 6) is 1.63. The third kappa shape index (κ3) is 5.26. The van der Waals surface area contributed by atoms with Crippen LogP contribution < -0.4 is 4.90 Å². The van der Waals surface area contributed by atoms with E-state index in [4.69, 9.17) is 9.97 Å². The number of rotatable bonds is 3. The topological polar surface area (TPSA) is 29.0 Å². The molecule has 0 aliphatic rings. The van der Waals surface area contributed by atoms with Gasteiger partial charge in [0.05, 0.1) is 0 Å². The lowest BCUT2D eigenvalue weighted by molar-refractivity contribution is 0.568. The van der Waals surface area contributed by atoms with Crippen LogP contribution in [0.5, 0.6) is 0 Å². The highest BCUT2D eigenvalue weighted by Gasteiger charge is 2.24. The van der Waals surface area contributed by atoms with E-state index in [-0.39, 0.29) is 10.8 Å². The number of hydrogen-bond donors (Lipinski definition) is 0. The van der Waals surface area contributed by atoms with Gasteiger partial charge in [-0.05, 0) is 90.2 Å². The third-order valence-electron chi connectivity index (χ3n) is 4.77. The van der Waals surface area contributed by atoms with Gasteiger partial charge in [0, 0.05) is 5.69 Å². The van der Waals surface area contributed by atoms with E-state index in [0.717, 1.165) is 26.5 Å². The largest absolute Gasteiger partial charge is 0.279 e. The number of aromatic nitrogens is 2. The van der Waals surface area contributed by atoms with Gasteiger partial charge in [-0.1, -0.05) is 59.7 Å². The zero-order valence-corrected chi connectivity index (χ0v) is 21.0. The lowest BCUT2D eigenvalue weighted by Gasteiger charge is -2.30. The zero-order valence-electron chi connectivity index (χ0n) is 17.8. The summed E-state index contributed by atoms with van der Waals surface area (Å²) in [6.07, 6.45) is 0. The summed E-state index contributed by atoms with van der Waals surface area (Å²) < 4.78 is 1.58. The monoisotopic (exact) mass is 515 g/mol. The van der Waals surface area contributed by atoms with Crippen LogP contribution in [-0.4, -0.2) is 9.97 Å². The van der Waals surface area contributed by atoms with Gasteiger partial charge in [0.2, 0.25) is 0 Å². The highest BCUT2D eigenvalue weighted by atomic mass is 79.9. The van der Waals surface area contributed by atoms with E-state index in [1.54, 1.807) is 0 Å². The molecule has 2 aromatic heterocycles. The average Bonchev–Trinajstić information content (AvgIpc) is 2.60. The summed E-state index contributed by atoms with van der Waals surface area (Å²) in [5.41, 5.74) is 3.68. The number of hydrogen-bond acceptors (Lipinski definition) is 3. The van der Waals surface area contributed by atoms with Gasteiger partial charge in [-0.25, -0.2) is 9.97 Å². The molecule has 5 heteroatoms. The van der Waals surface area contributed by atoms with Crippen molar-refractivity contribution in [1.29, 1.82) is 0 Å². The van der Waals surface area contributed by atoms with E-state index < -0.39 is 0 Å². The summed E-state index contributed by atoms with van der Waals surface area (Å²) in [6.45, 7) is 13.5. The standard InChI is InChI=1S/C24H27Br2N3/c1-23(2,3)16-13-17(24(4,5)6)15-18(14-16)29(21-11-7-9-19(25)27-21)22-12-8-10-20(26)28-22/h7-15H,1-6H3. The predicted octanol–water partition coefficient (Wildman–Crippen LogP) is 8.07. The predicted molar refractivity (Wildman–Crippen MR) is 130 cm³/mol. The maximum atomic E-state index is 4.73. The van der Waals surface area contributed by atoms with Crippen molar-refractivity contribution in [3.05, 3.63) is 74.9 Å². The molecule has 0 spiro atoms. The molecule has 29 heavy (non-hydrogen) atoms. The number of halogens is 2. The second kappa shape index (κ2) is 8.19. The summed E-state index contributed by atoms with van der Waals surface area (Å²) in [6, 6.07) is 18.7. The highest BCUT2D eigenvalue weighted by Crippen LogP contribution is 2.39. The van der Waals surface area contributed by atoms with Gasteiger partial charge in [-0.2, -0.15) is 0 Å². The molecule has 1 aromatic carbocycles. The van der Waals surface area contributed by atoms with Crippen molar-refractivity contribution in [2.45, 2.75) is 52.4 Å². The van der Waals surface area contributed by atoms with E-state index in [1.165, 1.54) is 11.1 Å². The Kier molecular flexibility index (Phi) is 6.21. The minimum Gasteiger partial charge on any atom is -0.279 e. The SMILES string of the molecule is CC(C)(C)c1cc(N(c2cccc(Br)n2)c2cccc(Br)n2)cc(C(C)(C)C)c1. The van der Waals surface area contributed by atoms with Gasteiger partial charge in [-0.3, -0.25) is 4.90 Å². The third-order valence-corrected chi connectivity index (χ3v) is 5.65. The van der Waals surface area contributed by atoms with E-state index in [2.05, 4.69) is 96.5 Å². The molecule has 152 valence electrons. The van der Waals surface area contributed by atoms with Gasteiger partial charge in [-0.15, -0.1) is 0 Å². The molecule has 3 rings (SSSR count). The maximum absolute atomic E-state index is 4.73. The number of pyridine rings is 2. The van der Waals surface area contributed by atoms with Crippen molar-refractivity contribution in [2.24, 2.45) is 0 Å². The molecule has 0 N–H and O–H groups in total. The van der Waals surface area contributed by atoms with Crippen LogP contribution in [0.15, 0.2) is 63.8 Å². The fourth-order valence-electron chi connectivity index (χ4n) is 3.03. The average molecular weight is 517 g/mol. The lowest BCUT2D eigenvalue weighted by atomic mass is 9.80. The Labute approximate surface area is 190 Å². The minimum atomic E-state index is 0.0249. The van der Waals surface area contributed by atoms with E-state index in [9.17, 15) is 0 Å². The molecular formula is C24H27Br2N3. The Bertz CT molecular complexity index is 939. The van der Waals surface area contributed by atoms with Crippen LogP contribution in [0.4, 0.5) is 17.3 Å². The molecule has 0 fully saturated rings. The quantitative estimate of drug-likeness (QED) is 0.329. The Morgan fingerprint density at radius 1 is 0.655 bits per heavy atom. The molecular weight excluding hydrogens is 490 g/mol. The molecule has 0 saturated carbocycles. The second-order valence-electron chi connectivity index (χ2n) is 9.24. The molecule has 0 radical (unpaired) electrons. The van der Waals surface area contributed by atoms with Crippen LogP contribution in [0.1, 0.15) is 52.7 Å². The molecule has 0 unspecified atom stereocenters. The van der Waals surface area contributed by atoms with Gasteiger partial charge >= 0.3 is 0 Å². The molecule has 3 nitrogen and oxygen atoms in total. The van der Waals surface area contributed by atoms with Crippen LogP contribution in [0.3, 0.4) is 0 Å². The van der Waals surface area contributed by atoms with Gasteiger partial charge < -0.3 is 0 Å². The number of nitrogens with zero attached hydrogens (tertiary/aromatic N) is 3. The van der Waals surface area contributed by atoms with E-state index in [0.29, 0.717) is 0 Å². The maximum Gasteiger partial charge on any atom is 0.140 e. The van der Waals surface area contributed by atoms with Crippen LogP contribution in [-0.2, 0) is 10.8 Å². The summed E-state index contributed by atoms with van der Waals surface area (Å²) in [5, 5.41) is 0. The molecule has 0 aliphatic carbocycles. The second-order valence-corrected chi connectivity index (χ2v) is 10.9. The fraction of sp³-hybridized carbons (Fsp3) is 0.333. The summed E-state index contributed by atoms with van der Waals surface area (Å²) in [7, 11) is 0. The van der Waals surface area contributed by atoms with Gasteiger partial charge in [0.15, 0.2) is 0 Å². The molecule has 0 saturated heterocycles. The van der Waals surface area contributed by atoms with Crippen LogP contribution in [0.2, 0.25) is 0 Å². The first-order valence-corrected chi connectivity index (χ1v) is 11.2. The van der Waals surface area contributed by atoms with Crippen molar-refractivity contribution >= 4 is 49.2 Å².